The molecule has 0 bridgehead atoms. The molecule has 2 aromatic carbocycles. The van der Waals surface area contributed by atoms with Crippen molar-refractivity contribution in [3.05, 3.63) is 81.0 Å². The lowest BCUT2D eigenvalue weighted by molar-refractivity contribution is -0.116. The highest BCUT2D eigenvalue weighted by atomic mass is 35.5. The first-order chi connectivity index (χ1) is 12.1. The van der Waals surface area contributed by atoms with Gasteiger partial charge in [0.05, 0.1) is 12.5 Å². The van der Waals surface area contributed by atoms with Crippen LogP contribution in [-0.2, 0) is 4.79 Å². The molecular weight excluding hydrogens is 375 g/mol. The summed E-state index contributed by atoms with van der Waals surface area (Å²) in [6, 6.07) is 18.4. The van der Waals surface area contributed by atoms with Crippen LogP contribution < -0.4 is 10.6 Å². The molecule has 1 amide bonds. The monoisotopic (exact) mass is 390 g/mol. The van der Waals surface area contributed by atoms with E-state index >= 15 is 0 Å². The van der Waals surface area contributed by atoms with Crippen LogP contribution in [0.15, 0.2) is 66.0 Å². The molecule has 1 atom stereocenters. The van der Waals surface area contributed by atoms with Crippen LogP contribution in [-0.4, -0.2) is 5.91 Å². The van der Waals surface area contributed by atoms with Crippen molar-refractivity contribution in [2.45, 2.75) is 12.5 Å². The number of halogens is 2. The number of benzene rings is 2. The molecule has 25 heavy (non-hydrogen) atoms. The van der Waals surface area contributed by atoms with Gasteiger partial charge in [0.25, 0.3) is 0 Å². The molecule has 0 aliphatic carbocycles. The van der Waals surface area contributed by atoms with E-state index in [0.29, 0.717) is 16.5 Å². The maximum Gasteiger partial charge on any atom is 0.226 e. The highest BCUT2D eigenvalue weighted by Gasteiger charge is 2.17. The van der Waals surface area contributed by atoms with Gasteiger partial charge in [0.1, 0.15) is 0 Å². The minimum absolute atomic E-state index is 0.0674. The summed E-state index contributed by atoms with van der Waals surface area (Å²) in [7, 11) is 0. The first-order valence-electron chi connectivity index (χ1n) is 7.71. The molecule has 0 aliphatic rings. The summed E-state index contributed by atoms with van der Waals surface area (Å²) in [5, 5.41) is 9.63. The largest absolute Gasteiger partial charge is 0.377 e. The van der Waals surface area contributed by atoms with Crippen LogP contribution in [0.5, 0.6) is 0 Å². The van der Waals surface area contributed by atoms with Crippen LogP contribution in [0, 0.1) is 0 Å². The van der Waals surface area contributed by atoms with Crippen molar-refractivity contribution in [2.24, 2.45) is 0 Å². The molecule has 1 unspecified atom stereocenters. The maximum atomic E-state index is 12.4. The Morgan fingerprint density at radius 3 is 2.08 bits per heavy atom. The number of anilines is 2. The molecule has 0 aliphatic heterocycles. The predicted octanol–water partition coefficient (Wildman–Crippen LogP) is 6.24. The van der Waals surface area contributed by atoms with Crippen LogP contribution in [0.3, 0.4) is 0 Å². The summed E-state index contributed by atoms with van der Waals surface area (Å²) >= 11 is 13.4. The van der Waals surface area contributed by atoms with Gasteiger partial charge in [0, 0.05) is 26.3 Å². The highest BCUT2D eigenvalue weighted by Crippen LogP contribution is 2.27. The number of hydrogen-bond acceptors (Lipinski definition) is 3. The lowest BCUT2D eigenvalue weighted by atomic mass is 10.1. The number of rotatable bonds is 6. The fourth-order valence-electron chi connectivity index (χ4n) is 2.39. The van der Waals surface area contributed by atoms with E-state index in [9.17, 15) is 4.79 Å². The predicted molar refractivity (Wildman–Crippen MR) is 107 cm³/mol. The summed E-state index contributed by atoms with van der Waals surface area (Å²) in [5.41, 5.74) is 1.65. The summed E-state index contributed by atoms with van der Waals surface area (Å²) < 4.78 is 0. The third kappa shape index (κ3) is 5.23. The van der Waals surface area contributed by atoms with Crippen molar-refractivity contribution in [1.82, 2.24) is 0 Å². The molecule has 0 radical (unpaired) electrons. The molecule has 3 aromatic rings. The van der Waals surface area contributed by atoms with Crippen molar-refractivity contribution in [2.75, 3.05) is 10.6 Å². The third-order valence-electron chi connectivity index (χ3n) is 3.59. The van der Waals surface area contributed by atoms with Gasteiger partial charge < -0.3 is 10.6 Å². The van der Waals surface area contributed by atoms with Crippen LogP contribution >= 0.6 is 34.5 Å². The summed E-state index contributed by atoms with van der Waals surface area (Å²) in [6.45, 7) is 0. The van der Waals surface area contributed by atoms with E-state index < -0.39 is 0 Å². The van der Waals surface area contributed by atoms with E-state index in [0.717, 1.165) is 16.3 Å². The molecule has 0 saturated heterocycles. The van der Waals surface area contributed by atoms with Crippen molar-refractivity contribution in [1.29, 1.82) is 0 Å². The second kappa shape index (κ2) is 8.39. The van der Waals surface area contributed by atoms with Gasteiger partial charge in [-0.2, -0.15) is 0 Å². The minimum atomic E-state index is -0.117. The fraction of sp³-hybridized carbons (Fsp3) is 0.105. The first-order valence-corrected chi connectivity index (χ1v) is 9.34. The zero-order chi connectivity index (χ0) is 17.6. The Kier molecular flexibility index (Phi) is 5.97. The van der Waals surface area contributed by atoms with Crippen LogP contribution in [0.4, 0.5) is 11.4 Å². The molecule has 1 heterocycles. The molecule has 3 rings (SSSR count). The molecule has 0 spiro atoms. The van der Waals surface area contributed by atoms with Gasteiger partial charge in [-0.15, -0.1) is 11.3 Å². The van der Waals surface area contributed by atoms with Gasteiger partial charge in [0.2, 0.25) is 5.91 Å². The molecule has 6 heteroatoms. The SMILES string of the molecule is O=C(CC(Nc1ccc(Cl)cc1)c1cccs1)Nc1ccc(Cl)cc1. The second-order valence-electron chi connectivity index (χ2n) is 5.48. The van der Waals surface area contributed by atoms with Gasteiger partial charge in [-0.05, 0) is 60.0 Å². The fourth-order valence-corrected chi connectivity index (χ4v) is 3.42. The lowest BCUT2D eigenvalue weighted by Gasteiger charge is -2.18. The number of amides is 1. The number of carbonyl (C=O) groups excluding carboxylic acids is 1. The van der Waals surface area contributed by atoms with Crippen LogP contribution in [0.25, 0.3) is 0 Å². The zero-order valence-electron chi connectivity index (χ0n) is 13.2. The Bertz CT molecular complexity index is 818. The van der Waals surface area contributed by atoms with E-state index in [1.54, 1.807) is 35.6 Å². The molecule has 2 N–H and O–H groups in total. The van der Waals surface area contributed by atoms with Gasteiger partial charge in [0.15, 0.2) is 0 Å². The number of thiophene rings is 1. The van der Waals surface area contributed by atoms with Crippen molar-refractivity contribution >= 4 is 51.8 Å². The van der Waals surface area contributed by atoms with E-state index in [1.807, 2.05) is 41.8 Å². The lowest BCUT2D eigenvalue weighted by Crippen LogP contribution is -2.19. The summed E-state index contributed by atoms with van der Waals surface area (Å²) in [6.07, 6.45) is 0.311. The second-order valence-corrected chi connectivity index (χ2v) is 7.33. The molecule has 128 valence electrons. The number of hydrogen-bond donors (Lipinski definition) is 2. The average molecular weight is 391 g/mol. The quantitative estimate of drug-likeness (QED) is 0.522. The summed E-state index contributed by atoms with van der Waals surface area (Å²) in [4.78, 5) is 13.5. The van der Waals surface area contributed by atoms with Crippen molar-refractivity contribution in [3.63, 3.8) is 0 Å². The maximum absolute atomic E-state index is 12.4. The van der Waals surface area contributed by atoms with Crippen molar-refractivity contribution in [3.8, 4) is 0 Å². The normalized spacial score (nSPS) is 11.8. The molecule has 3 nitrogen and oxygen atoms in total. The van der Waals surface area contributed by atoms with Gasteiger partial charge >= 0.3 is 0 Å². The van der Waals surface area contributed by atoms with E-state index in [1.165, 1.54) is 0 Å². The molecule has 1 aromatic heterocycles. The van der Waals surface area contributed by atoms with E-state index in [2.05, 4.69) is 10.6 Å². The Labute approximate surface area is 160 Å². The average Bonchev–Trinajstić information content (AvgIpc) is 3.13. The van der Waals surface area contributed by atoms with E-state index in [4.69, 9.17) is 23.2 Å². The Hall–Kier alpha value is -2.01. The Morgan fingerprint density at radius 1 is 0.920 bits per heavy atom. The summed E-state index contributed by atoms with van der Waals surface area (Å²) in [5.74, 6) is -0.0674. The van der Waals surface area contributed by atoms with Crippen LogP contribution in [0.1, 0.15) is 17.3 Å². The number of carbonyl (C=O) groups is 1. The molecule has 0 fully saturated rings. The minimum Gasteiger partial charge on any atom is -0.377 e. The van der Waals surface area contributed by atoms with Crippen LogP contribution in [0.2, 0.25) is 10.0 Å². The highest BCUT2D eigenvalue weighted by molar-refractivity contribution is 7.10. The molecular formula is C19H16Cl2N2OS. The van der Waals surface area contributed by atoms with Gasteiger partial charge in [-0.25, -0.2) is 0 Å². The Balaban J connectivity index is 1.70. The first kappa shape index (κ1) is 17.8. The smallest absolute Gasteiger partial charge is 0.226 e. The van der Waals surface area contributed by atoms with E-state index in [-0.39, 0.29) is 11.9 Å². The standard InChI is InChI=1S/C19H16Cl2N2OS/c20-13-3-7-15(8-4-13)22-17(18-2-1-11-25-18)12-19(24)23-16-9-5-14(21)6-10-16/h1-11,17,22H,12H2,(H,23,24). The van der Waals surface area contributed by atoms with Crippen molar-refractivity contribution < 1.29 is 4.79 Å². The topological polar surface area (TPSA) is 41.1 Å². The van der Waals surface area contributed by atoms with Gasteiger partial charge in [-0.1, -0.05) is 29.3 Å². The number of nitrogens with one attached hydrogen (secondary N) is 2. The molecule has 0 saturated carbocycles. The zero-order valence-corrected chi connectivity index (χ0v) is 15.5. The van der Waals surface area contributed by atoms with Gasteiger partial charge in [-0.3, -0.25) is 4.79 Å². The third-order valence-corrected chi connectivity index (χ3v) is 5.08. The Morgan fingerprint density at radius 2 is 1.52 bits per heavy atom.